The molecule has 0 atom stereocenters. The van der Waals surface area contributed by atoms with E-state index in [0.717, 1.165) is 13.0 Å². The number of hydrogen-bond acceptors (Lipinski definition) is 2. The molecule has 0 aliphatic heterocycles. The standard InChI is InChI=1S/C8H4FIS2/c9-4-1-6(11)5-3-8(10)12-7(5)2-4/h1-3,11H. The molecule has 0 radical (unpaired) electrons. The van der Waals surface area contributed by atoms with Crippen LogP contribution in [0.2, 0.25) is 0 Å². The fourth-order valence-corrected chi connectivity index (χ4v) is 3.30. The molecule has 0 saturated carbocycles. The van der Waals surface area contributed by atoms with Crippen LogP contribution in [0.15, 0.2) is 23.1 Å². The molecule has 12 heavy (non-hydrogen) atoms. The lowest BCUT2D eigenvalue weighted by Crippen LogP contribution is -1.73. The van der Waals surface area contributed by atoms with E-state index in [0.29, 0.717) is 4.90 Å². The van der Waals surface area contributed by atoms with E-state index < -0.39 is 0 Å². The topological polar surface area (TPSA) is 0 Å². The SMILES string of the molecule is Fc1cc(S)c2cc(I)sc2c1. The molecule has 0 nitrogen and oxygen atoms in total. The van der Waals surface area contributed by atoms with Crippen LogP contribution in [-0.4, -0.2) is 0 Å². The Morgan fingerprint density at radius 2 is 2.08 bits per heavy atom. The molecule has 0 spiro atoms. The van der Waals surface area contributed by atoms with Gasteiger partial charge in [-0.3, -0.25) is 0 Å². The average molecular weight is 310 g/mol. The highest BCUT2D eigenvalue weighted by Gasteiger charge is 2.04. The highest BCUT2D eigenvalue weighted by atomic mass is 127. The van der Waals surface area contributed by atoms with E-state index in [1.165, 1.54) is 6.07 Å². The van der Waals surface area contributed by atoms with Gasteiger partial charge in [0, 0.05) is 15.0 Å². The zero-order valence-electron chi connectivity index (χ0n) is 5.84. The lowest BCUT2D eigenvalue weighted by atomic mass is 10.2. The summed E-state index contributed by atoms with van der Waals surface area (Å²) in [7, 11) is 0. The number of fused-ring (bicyclic) bond motifs is 1. The summed E-state index contributed by atoms with van der Waals surface area (Å²) in [6.45, 7) is 0. The summed E-state index contributed by atoms with van der Waals surface area (Å²) in [5, 5.41) is 1.04. The van der Waals surface area contributed by atoms with Gasteiger partial charge in [-0.2, -0.15) is 0 Å². The van der Waals surface area contributed by atoms with E-state index in [4.69, 9.17) is 0 Å². The number of thiol groups is 1. The fourth-order valence-electron chi connectivity index (χ4n) is 1.06. The maximum atomic E-state index is 12.9. The number of halogens is 2. The van der Waals surface area contributed by atoms with E-state index in [1.807, 2.05) is 6.07 Å². The number of benzene rings is 1. The second kappa shape index (κ2) is 3.16. The van der Waals surface area contributed by atoms with Crippen LogP contribution in [0.1, 0.15) is 0 Å². The summed E-state index contributed by atoms with van der Waals surface area (Å²) < 4.78 is 15.0. The smallest absolute Gasteiger partial charge is 0.125 e. The molecule has 0 aliphatic rings. The molecule has 0 fully saturated rings. The predicted molar refractivity (Wildman–Crippen MR) is 61.8 cm³/mol. The highest BCUT2D eigenvalue weighted by Crippen LogP contribution is 2.31. The molecule has 0 aliphatic carbocycles. The van der Waals surface area contributed by atoms with Crippen LogP contribution in [0.3, 0.4) is 0 Å². The van der Waals surface area contributed by atoms with E-state index >= 15 is 0 Å². The predicted octanol–water partition coefficient (Wildman–Crippen LogP) is 3.93. The molecule has 0 saturated heterocycles. The van der Waals surface area contributed by atoms with Crippen LogP contribution < -0.4 is 0 Å². The van der Waals surface area contributed by atoms with Gasteiger partial charge in [-0.25, -0.2) is 4.39 Å². The van der Waals surface area contributed by atoms with Crippen molar-refractivity contribution in [1.82, 2.24) is 0 Å². The zero-order chi connectivity index (χ0) is 8.72. The second-order valence-electron chi connectivity index (χ2n) is 2.39. The maximum Gasteiger partial charge on any atom is 0.125 e. The maximum absolute atomic E-state index is 12.9. The molecule has 1 heterocycles. The van der Waals surface area contributed by atoms with Gasteiger partial charge in [0.1, 0.15) is 5.82 Å². The lowest BCUT2D eigenvalue weighted by molar-refractivity contribution is 0.627. The minimum absolute atomic E-state index is 0.217. The van der Waals surface area contributed by atoms with Crippen molar-refractivity contribution in [3.05, 3.63) is 26.9 Å². The minimum Gasteiger partial charge on any atom is -0.207 e. The van der Waals surface area contributed by atoms with Gasteiger partial charge in [0.2, 0.25) is 0 Å². The first-order valence-corrected chi connectivity index (χ1v) is 5.58. The van der Waals surface area contributed by atoms with Crippen molar-refractivity contribution in [3.63, 3.8) is 0 Å². The highest BCUT2D eigenvalue weighted by molar-refractivity contribution is 14.1. The van der Waals surface area contributed by atoms with Crippen molar-refractivity contribution < 1.29 is 4.39 Å². The van der Waals surface area contributed by atoms with Crippen molar-refractivity contribution in [2.45, 2.75) is 4.90 Å². The van der Waals surface area contributed by atoms with E-state index in [2.05, 4.69) is 35.2 Å². The zero-order valence-corrected chi connectivity index (χ0v) is 9.71. The molecular weight excluding hydrogens is 306 g/mol. The first-order valence-electron chi connectivity index (χ1n) is 3.24. The minimum atomic E-state index is -0.217. The molecule has 1 aromatic carbocycles. The van der Waals surface area contributed by atoms with Crippen molar-refractivity contribution >= 4 is 56.6 Å². The first-order chi connectivity index (χ1) is 5.66. The second-order valence-corrected chi connectivity index (χ2v) is 5.85. The molecule has 1 aromatic heterocycles. The van der Waals surface area contributed by atoms with Crippen LogP contribution in [0.5, 0.6) is 0 Å². The first kappa shape index (κ1) is 8.77. The van der Waals surface area contributed by atoms with E-state index in [-0.39, 0.29) is 5.82 Å². The third-order valence-electron chi connectivity index (χ3n) is 1.55. The summed E-state index contributed by atoms with van der Waals surface area (Å²) in [4.78, 5) is 0.712. The van der Waals surface area contributed by atoms with Crippen molar-refractivity contribution in [3.8, 4) is 0 Å². The van der Waals surface area contributed by atoms with Crippen LogP contribution in [-0.2, 0) is 0 Å². The van der Waals surface area contributed by atoms with Crippen LogP contribution in [0.4, 0.5) is 4.39 Å². The third-order valence-corrected chi connectivity index (χ3v) is 3.76. The number of hydrogen-bond donors (Lipinski definition) is 1. The molecule has 0 bridgehead atoms. The van der Waals surface area contributed by atoms with Gasteiger partial charge >= 0.3 is 0 Å². The molecule has 2 rings (SSSR count). The monoisotopic (exact) mass is 310 g/mol. The van der Waals surface area contributed by atoms with Gasteiger partial charge in [0.15, 0.2) is 0 Å². The van der Waals surface area contributed by atoms with Crippen molar-refractivity contribution in [2.24, 2.45) is 0 Å². The summed E-state index contributed by atoms with van der Waals surface area (Å²) in [6.07, 6.45) is 0. The Labute approximate surface area is 92.3 Å². The Morgan fingerprint density at radius 3 is 2.83 bits per heavy atom. The third kappa shape index (κ3) is 1.47. The van der Waals surface area contributed by atoms with E-state index in [9.17, 15) is 4.39 Å². The summed E-state index contributed by atoms with van der Waals surface area (Å²) in [5.74, 6) is -0.217. The number of rotatable bonds is 0. The summed E-state index contributed by atoms with van der Waals surface area (Å²) in [5.41, 5.74) is 0. The Morgan fingerprint density at radius 1 is 1.33 bits per heavy atom. The Balaban J connectivity index is 2.88. The van der Waals surface area contributed by atoms with Gasteiger partial charge in [0.05, 0.1) is 2.88 Å². The lowest BCUT2D eigenvalue weighted by Gasteiger charge is -1.93. The van der Waals surface area contributed by atoms with Gasteiger partial charge in [-0.1, -0.05) is 0 Å². The van der Waals surface area contributed by atoms with Gasteiger partial charge in [-0.05, 0) is 40.8 Å². The molecule has 0 unspecified atom stereocenters. The van der Waals surface area contributed by atoms with Gasteiger partial charge in [0.25, 0.3) is 0 Å². The van der Waals surface area contributed by atoms with Gasteiger partial charge < -0.3 is 0 Å². The molecule has 62 valence electrons. The summed E-state index contributed by atoms with van der Waals surface area (Å²) in [6, 6.07) is 5.00. The summed E-state index contributed by atoms with van der Waals surface area (Å²) >= 11 is 8.00. The number of thiophene rings is 1. The normalized spacial score (nSPS) is 10.9. The quantitative estimate of drug-likeness (QED) is 0.553. The van der Waals surface area contributed by atoms with Crippen molar-refractivity contribution in [2.75, 3.05) is 0 Å². The van der Waals surface area contributed by atoms with Crippen molar-refractivity contribution in [1.29, 1.82) is 0 Å². The molecule has 4 heteroatoms. The molecule has 0 N–H and O–H groups in total. The van der Waals surface area contributed by atoms with Crippen LogP contribution in [0.25, 0.3) is 10.1 Å². The van der Waals surface area contributed by atoms with E-state index in [1.54, 1.807) is 17.4 Å². The average Bonchev–Trinajstić information content (AvgIpc) is 2.29. The Hall–Kier alpha value is 0.190. The fraction of sp³-hybridized carbons (Fsp3) is 0. The largest absolute Gasteiger partial charge is 0.207 e. The van der Waals surface area contributed by atoms with Gasteiger partial charge in [-0.15, -0.1) is 24.0 Å². The Kier molecular flexibility index (Phi) is 2.31. The van der Waals surface area contributed by atoms with Crippen LogP contribution >= 0.6 is 46.6 Å². The Bertz CT molecular complexity index is 436. The van der Waals surface area contributed by atoms with Crippen LogP contribution in [0, 0.1) is 8.70 Å². The molecular formula is C8H4FIS2. The molecule has 2 aromatic rings. The molecule has 0 amide bonds.